The molecule has 0 saturated carbocycles. The molecule has 0 atom stereocenters. The van der Waals surface area contributed by atoms with Gasteiger partial charge in [0.25, 0.3) is 0 Å². The molecule has 0 aliphatic carbocycles. The summed E-state index contributed by atoms with van der Waals surface area (Å²) in [7, 11) is 1.68. The summed E-state index contributed by atoms with van der Waals surface area (Å²) >= 11 is 12.0. The molecule has 0 bridgehead atoms. The van der Waals surface area contributed by atoms with Crippen LogP contribution >= 0.6 is 23.2 Å². The number of halogens is 2. The summed E-state index contributed by atoms with van der Waals surface area (Å²) in [6, 6.07) is 5.01. The van der Waals surface area contributed by atoms with E-state index in [1.807, 2.05) is 0 Å². The van der Waals surface area contributed by atoms with Crippen molar-refractivity contribution in [2.75, 3.05) is 0 Å². The van der Waals surface area contributed by atoms with Crippen molar-refractivity contribution in [2.45, 2.75) is 6.92 Å². The second-order valence-electron chi connectivity index (χ2n) is 4.03. The summed E-state index contributed by atoms with van der Waals surface area (Å²) in [6.45, 7) is 1.72. The number of nitrogens with two attached hydrogens (primary N) is 1. The van der Waals surface area contributed by atoms with Crippen LogP contribution in [0.2, 0.25) is 10.0 Å². The third-order valence-corrected chi connectivity index (χ3v) is 3.46. The van der Waals surface area contributed by atoms with E-state index in [0.29, 0.717) is 27.9 Å². The van der Waals surface area contributed by atoms with Crippen LogP contribution in [0.15, 0.2) is 23.4 Å². The van der Waals surface area contributed by atoms with Crippen LogP contribution in [0.5, 0.6) is 11.6 Å². The van der Waals surface area contributed by atoms with Crippen LogP contribution < -0.4 is 10.5 Å². The maximum atomic E-state index is 8.83. The second kappa shape index (κ2) is 5.60. The predicted octanol–water partition coefficient (Wildman–Crippen LogP) is 2.92. The summed E-state index contributed by atoms with van der Waals surface area (Å²) in [5.41, 5.74) is 6.60. The fraction of sp³-hybridized carbons (Fsp3) is 0.167. The molecule has 0 aliphatic rings. The second-order valence-corrected chi connectivity index (χ2v) is 4.81. The van der Waals surface area contributed by atoms with Crippen LogP contribution in [0.4, 0.5) is 0 Å². The zero-order valence-electron chi connectivity index (χ0n) is 10.8. The quantitative estimate of drug-likeness (QED) is 0.395. The summed E-state index contributed by atoms with van der Waals surface area (Å²) < 4.78 is 7.18. The highest BCUT2D eigenvalue weighted by molar-refractivity contribution is 6.42. The van der Waals surface area contributed by atoms with Crippen LogP contribution in [0, 0.1) is 6.92 Å². The minimum Gasteiger partial charge on any atom is -0.437 e. The fourth-order valence-electron chi connectivity index (χ4n) is 1.77. The highest BCUT2D eigenvalue weighted by atomic mass is 35.5. The first kappa shape index (κ1) is 14.5. The van der Waals surface area contributed by atoms with Crippen LogP contribution in [0.1, 0.15) is 11.3 Å². The van der Waals surface area contributed by atoms with Gasteiger partial charge in [-0.15, -0.1) is 0 Å². The molecule has 2 aromatic rings. The van der Waals surface area contributed by atoms with E-state index in [9.17, 15) is 0 Å². The van der Waals surface area contributed by atoms with E-state index in [1.165, 1.54) is 4.68 Å². The minimum absolute atomic E-state index is 0.0937. The number of hydrogen-bond donors (Lipinski definition) is 2. The maximum absolute atomic E-state index is 8.83. The lowest BCUT2D eigenvalue weighted by Crippen LogP contribution is -2.15. The molecule has 1 aromatic carbocycles. The Hall–Kier alpha value is -1.92. The van der Waals surface area contributed by atoms with Gasteiger partial charge in [-0.05, 0) is 19.1 Å². The van der Waals surface area contributed by atoms with Crippen molar-refractivity contribution in [1.29, 1.82) is 0 Å². The molecule has 6 nitrogen and oxygen atoms in total. The summed E-state index contributed by atoms with van der Waals surface area (Å²) in [4.78, 5) is 0. The number of hydrogen-bond acceptors (Lipinski definition) is 4. The van der Waals surface area contributed by atoms with Gasteiger partial charge in [-0.1, -0.05) is 34.4 Å². The van der Waals surface area contributed by atoms with Gasteiger partial charge in [0.05, 0.1) is 10.7 Å². The molecule has 0 radical (unpaired) electrons. The van der Waals surface area contributed by atoms with Gasteiger partial charge in [0.1, 0.15) is 16.3 Å². The molecular weight excluding hydrogens is 303 g/mol. The third kappa shape index (κ3) is 2.52. The van der Waals surface area contributed by atoms with E-state index in [-0.39, 0.29) is 10.9 Å². The van der Waals surface area contributed by atoms with Gasteiger partial charge in [0.2, 0.25) is 5.88 Å². The molecule has 1 heterocycles. The molecule has 106 valence electrons. The number of benzene rings is 1. The van der Waals surface area contributed by atoms with E-state index in [4.69, 9.17) is 38.9 Å². The normalized spacial score (nSPS) is 11.7. The first-order valence-electron chi connectivity index (χ1n) is 5.59. The Morgan fingerprint density at radius 3 is 2.80 bits per heavy atom. The van der Waals surface area contributed by atoms with Gasteiger partial charge in [-0.25, -0.2) is 4.68 Å². The zero-order valence-corrected chi connectivity index (χ0v) is 12.3. The highest BCUT2D eigenvalue weighted by Gasteiger charge is 2.20. The van der Waals surface area contributed by atoms with Gasteiger partial charge in [0.15, 0.2) is 5.84 Å². The summed E-state index contributed by atoms with van der Waals surface area (Å²) in [5, 5.41) is 16.6. The Morgan fingerprint density at radius 2 is 2.15 bits per heavy atom. The largest absolute Gasteiger partial charge is 0.437 e. The van der Waals surface area contributed by atoms with Crippen molar-refractivity contribution in [1.82, 2.24) is 9.78 Å². The minimum atomic E-state index is -0.0937. The molecule has 20 heavy (non-hydrogen) atoms. The average molecular weight is 315 g/mol. The van der Waals surface area contributed by atoms with E-state index in [0.717, 1.165) is 0 Å². The first-order chi connectivity index (χ1) is 9.45. The fourth-order valence-corrected chi connectivity index (χ4v) is 2.10. The van der Waals surface area contributed by atoms with Crippen LogP contribution in [0.25, 0.3) is 0 Å². The van der Waals surface area contributed by atoms with E-state index < -0.39 is 0 Å². The molecule has 0 spiro atoms. The smallest absolute Gasteiger partial charge is 0.229 e. The lowest BCUT2D eigenvalue weighted by atomic mass is 10.2. The summed E-state index contributed by atoms with van der Waals surface area (Å²) in [5.74, 6) is 0.569. The monoisotopic (exact) mass is 314 g/mol. The van der Waals surface area contributed by atoms with Gasteiger partial charge in [0, 0.05) is 7.05 Å². The third-order valence-electron chi connectivity index (χ3n) is 2.66. The lowest BCUT2D eigenvalue weighted by Gasteiger charge is -2.10. The SMILES string of the molecule is Cc1nn(C)c(Oc2cccc(Cl)c2Cl)c1C(N)=NO. The van der Waals surface area contributed by atoms with Crippen molar-refractivity contribution in [3.05, 3.63) is 39.5 Å². The number of rotatable bonds is 3. The standard InChI is InChI=1S/C12H12Cl2N4O2/c1-6-9(11(15)17-19)12(18(2)16-6)20-8-5-3-4-7(13)10(8)14/h3-5,19H,1-2H3,(H2,15,17). The molecule has 1 aromatic heterocycles. The number of amidine groups is 1. The molecule has 2 rings (SSSR count). The number of ether oxygens (including phenoxy) is 1. The van der Waals surface area contributed by atoms with Crippen LogP contribution in [-0.4, -0.2) is 20.8 Å². The summed E-state index contributed by atoms with van der Waals surface area (Å²) in [6.07, 6.45) is 0. The van der Waals surface area contributed by atoms with Crippen molar-refractivity contribution in [2.24, 2.45) is 17.9 Å². The van der Waals surface area contributed by atoms with Crippen molar-refractivity contribution in [3.8, 4) is 11.6 Å². The van der Waals surface area contributed by atoms with Gasteiger partial charge < -0.3 is 15.7 Å². The van der Waals surface area contributed by atoms with Crippen molar-refractivity contribution in [3.63, 3.8) is 0 Å². The Balaban J connectivity index is 2.51. The molecule has 0 aliphatic heterocycles. The molecule has 0 saturated heterocycles. The average Bonchev–Trinajstić information content (AvgIpc) is 2.69. The Labute approximate surface area is 125 Å². The van der Waals surface area contributed by atoms with Crippen molar-refractivity contribution >= 4 is 29.0 Å². The molecule has 3 N–H and O–H groups in total. The first-order valence-corrected chi connectivity index (χ1v) is 6.34. The van der Waals surface area contributed by atoms with Gasteiger partial charge in [-0.3, -0.25) is 0 Å². The van der Waals surface area contributed by atoms with E-state index in [1.54, 1.807) is 32.2 Å². The van der Waals surface area contributed by atoms with Crippen molar-refractivity contribution < 1.29 is 9.94 Å². The molecule has 8 heteroatoms. The Bertz CT molecular complexity index is 682. The van der Waals surface area contributed by atoms with E-state index >= 15 is 0 Å². The predicted molar refractivity (Wildman–Crippen MR) is 77.0 cm³/mol. The Morgan fingerprint density at radius 1 is 1.45 bits per heavy atom. The lowest BCUT2D eigenvalue weighted by molar-refractivity contribution is 0.318. The zero-order chi connectivity index (χ0) is 14.9. The van der Waals surface area contributed by atoms with Crippen LogP contribution in [-0.2, 0) is 7.05 Å². The number of aryl methyl sites for hydroxylation is 2. The maximum Gasteiger partial charge on any atom is 0.229 e. The number of aromatic nitrogens is 2. The molecule has 0 fully saturated rings. The van der Waals surface area contributed by atoms with Gasteiger partial charge in [-0.2, -0.15) is 5.10 Å². The topological polar surface area (TPSA) is 85.7 Å². The van der Waals surface area contributed by atoms with Gasteiger partial charge >= 0.3 is 0 Å². The number of nitrogens with zero attached hydrogens (tertiary/aromatic N) is 3. The Kier molecular flexibility index (Phi) is 4.06. The van der Waals surface area contributed by atoms with E-state index in [2.05, 4.69) is 10.3 Å². The molecular formula is C12H12Cl2N4O2. The number of oxime groups is 1. The molecule has 0 amide bonds. The molecule has 0 unspecified atom stereocenters. The van der Waals surface area contributed by atoms with Crippen LogP contribution in [0.3, 0.4) is 0 Å². The highest BCUT2D eigenvalue weighted by Crippen LogP contribution is 2.36.